The number of nitrogens with zero attached hydrogens (tertiary/aromatic N) is 1. The lowest BCUT2D eigenvalue weighted by atomic mass is 9.95. The van der Waals surface area contributed by atoms with E-state index >= 15 is 0 Å². The Morgan fingerprint density at radius 1 is 1.30 bits per heavy atom. The highest BCUT2D eigenvalue weighted by Crippen LogP contribution is 2.24. The third kappa shape index (κ3) is 5.94. The van der Waals surface area contributed by atoms with E-state index in [1.807, 2.05) is 0 Å². The highest BCUT2D eigenvalue weighted by Gasteiger charge is 2.35. The van der Waals surface area contributed by atoms with Crippen LogP contribution in [-0.4, -0.2) is 62.2 Å². The molecule has 0 aromatic heterocycles. The highest BCUT2D eigenvalue weighted by atomic mass is 32.2. The molecule has 0 saturated carbocycles. The number of rotatable bonds is 6. The first-order valence-electron chi connectivity index (χ1n) is 6.35. The minimum atomic E-state index is -4.35. The van der Waals surface area contributed by atoms with E-state index in [0.29, 0.717) is 26.1 Å². The minimum Gasteiger partial charge on any atom is -0.388 e. The maximum Gasteiger partial charge on any atom is 0.389 e. The van der Waals surface area contributed by atoms with Gasteiger partial charge in [-0.15, -0.1) is 0 Å². The van der Waals surface area contributed by atoms with Crippen molar-refractivity contribution >= 4 is 10.0 Å². The van der Waals surface area contributed by atoms with Gasteiger partial charge in [-0.1, -0.05) is 0 Å². The van der Waals surface area contributed by atoms with Crippen LogP contribution in [0.4, 0.5) is 13.2 Å². The van der Waals surface area contributed by atoms with Crippen LogP contribution >= 0.6 is 0 Å². The Hall–Kier alpha value is -0.380. The summed E-state index contributed by atoms with van der Waals surface area (Å²) < 4.78 is 65.7. The lowest BCUT2D eigenvalue weighted by molar-refractivity contribution is -0.134. The van der Waals surface area contributed by atoms with Crippen LogP contribution in [0.2, 0.25) is 0 Å². The molecule has 0 aromatic carbocycles. The normalized spacial score (nSPS) is 20.3. The Bertz CT molecular complexity index is 404. The maximum atomic E-state index is 12.0. The molecule has 0 bridgehead atoms. The van der Waals surface area contributed by atoms with Gasteiger partial charge < -0.3 is 9.84 Å². The van der Waals surface area contributed by atoms with Crippen LogP contribution in [0.3, 0.4) is 0 Å². The molecule has 1 saturated heterocycles. The second-order valence-electron chi connectivity index (χ2n) is 5.13. The van der Waals surface area contributed by atoms with Gasteiger partial charge >= 0.3 is 6.18 Å². The van der Waals surface area contributed by atoms with Crippen molar-refractivity contribution in [2.45, 2.75) is 37.5 Å². The molecule has 0 amide bonds. The fourth-order valence-corrected chi connectivity index (χ4v) is 3.29. The van der Waals surface area contributed by atoms with E-state index < -0.39 is 40.4 Å². The van der Waals surface area contributed by atoms with Gasteiger partial charge in [0.05, 0.1) is 11.4 Å². The van der Waals surface area contributed by atoms with Crippen LogP contribution in [0.5, 0.6) is 0 Å². The van der Waals surface area contributed by atoms with Crippen molar-refractivity contribution in [1.29, 1.82) is 0 Å². The number of halogens is 3. The molecule has 1 N–H and O–H groups in total. The molecule has 1 aliphatic heterocycles. The zero-order valence-electron chi connectivity index (χ0n) is 11.3. The van der Waals surface area contributed by atoms with E-state index in [-0.39, 0.29) is 6.54 Å². The third-order valence-electron chi connectivity index (χ3n) is 3.28. The second kappa shape index (κ2) is 6.59. The third-order valence-corrected chi connectivity index (χ3v) is 5.16. The molecular formula is C11H20F3NO4S. The van der Waals surface area contributed by atoms with Crippen LogP contribution < -0.4 is 0 Å². The summed E-state index contributed by atoms with van der Waals surface area (Å²) in [6.45, 7) is 0.571. The van der Waals surface area contributed by atoms with E-state index in [0.717, 1.165) is 4.31 Å². The molecule has 0 atom stereocenters. The molecule has 0 unspecified atom stereocenters. The molecule has 1 rings (SSSR count). The zero-order chi connectivity index (χ0) is 15.4. The van der Waals surface area contributed by atoms with E-state index in [1.54, 1.807) is 0 Å². The van der Waals surface area contributed by atoms with Crippen molar-refractivity contribution in [3.8, 4) is 0 Å². The van der Waals surface area contributed by atoms with E-state index in [9.17, 15) is 26.7 Å². The number of alkyl halides is 3. The van der Waals surface area contributed by atoms with Gasteiger partial charge in [-0.2, -0.15) is 13.2 Å². The Labute approximate surface area is 116 Å². The van der Waals surface area contributed by atoms with Gasteiger partial charge in [0.15, 0.2) is 0 Å². The smallest absolute Gasteiger partial charge is 0.388 e. The van der Waals surface area contributed by atoms with Crippen molar-refractivity contribution in [3.63, 3.8) is 0 Å². The van der Waals surface area contributed by atoms with Gasteiger partial charge in [-0.3, -0.25) is 0 Å². The van der Waals surface area contributed by atoms with E-state index in [1.165, 1.54) is 7.05 Å². The SMILES string of the molecule is CN(CC1(O)CCOCC1)S(=O)(=O)CCCC(F)(F)F. The first-order chi connectivity index (χ1) is 9.04. The molecule has 0 aliphatic carbocycles. The number of hydrogen-bond donors (Lipinski definition) is 1. The van der Waals surface area contributed by atoms with Crippen LogP contribution in [0.25, 0.3) is 0 Å². The molecule has 0 spiro atoms. The molecule has 0 aromatic rings. The van der Waals surface area contributed by atoms with Gasteiger partial charge in [0.2, 0.25) is 10.0 Å². The van der Waals surface area contributed by atoms with Gasteiger partial charge in [0, 0.05) is 46.1 Å². The minimum absolute atomic E-state index is 0.120. The predicted octanol–water partition coefficient (Wildman–Crippen LogP) is 1.13. The van der Waals surface area contributed by atoms with E-state index in [4.69, 9.17) is 4.74 Å². The number of hydrogen-bond acceptors (Lipinski definition) is 4. The fraction of sp³-hybridized carbons (Fsp3) is 1.00. The van der Waals surface area contributed by atoms with Crippen LogP contribution in [-0.2, 0) is 14.8 Å². The van der Waals surface area contributed by atoms with Crippen molar-refractivity contribution in [3.05, 3.63) is 0 Å². The molecule has 0 radical (unpaired) electrons. The molecule has 20 heavy (non-hydrogen) atoms. The van der Waals surface area contributed by atoms with Crippen molar-refractivity contribution < 1.29 is 31.4 Å². The predicted molar refractivity (Wildman–Crippen MR) is 66.7 cm³/mol. The average molecular weight is 319 g/mol. The lowest BCUT2D eigenvalue weighted by Crippen LogP contribution is -2.47. The van der Waals surface area contributed by atoms with Gasteiger partial charge in [0.1, 0.15) is 0 Å². The number of likely N-dealkylation sites (N-methyl/N-ethyl adjacent to an activating group) is 1. The molecule has 9 heteroatoms. The first kappa shape index (κ1) is 17.7. The Morgan fingerprint density at radius 2 is 1.85 bits per heavy atom. The quantitative estimate of drug-likeness (QED) is 0.797. The van der Waals surface area contributed by atoms with Gasteiger partial charge in [-0.25, -0.2) is 12.7 Å². The number of ether oxygens (including phenoxy) is 1. The second-order valence-corrected chi connectivity index (χ2v) is 7.32. The van der Waals surface area contributed by atoms with Crippen molar-refractivity contribution in [2.24, 2.45) is 0 Å². The fourth-order valence-electron chi connectivity index (χ4n) is 2.03. The Balaban J connectivity index is 2.49. The molecule has 1 fully saturated rings. The summed E-state index contributed by atoms with van der Waals surface area (Å²) in [6, 6.07) is 0. The van der Waals surface area contributed by atoms with Gasteiger partial charge in [-0.05, 0) is 6.42 Å². The van der Waals surface area contributed by atoms with E-state index in [2.05, 4.69) is 0 Å². The Kier molecular flexibility index (Phi) is 5.82. The summed E-state index contributed by atoms with van der Waals surface area (Å²) in [5.74, 6) is -0.574. The highest BCUT2D eigenvalue weighted by molar-refractivity contribution is 7.89. The molecular weight excluding hydrogens is 299 g/mol. The number of aliphatic hydroxyl groups is 1. The average Bonchev–Trinajstić information content (AvgIpc) is 2.27. The molecule has 1 aliphatic rings. The summed E-state index contributed by atoms with van der Waals surface area (Å²) in [7, 11) is -2.51. The van der Waals surface area contributed by atoms with Crippen molar-refractivity contribution in [1.82, 2.24) is 4.31 Å². The van der Waals surface area contributed by atoms with Crippen LogP contribution in [0, 0.1) is 0 Å². The topological polar surface area (TPSA) is 66.8 Å². The maximum absolute atomic E-state index is 12.0. The zero-order valence-corrected chi connectivity index (χ0v) is 12.1. The molecule has 1 heterocycles. The van der Waals surface area contributed by atoms with Crippen LogP contribution in [0.1, 0.15) is 25.7 Å². The lowest BCUT2D eigenvalue weighted by Gasteiger charge is -2.35. The summed E-state index contributed by atoms with van der Waals surface area (Å²) in [6.07, 6.45) is -5.33. The number of sulfonamides is 1. The summed E-state index contributed by atoms with van der Waals surface area (Å²) in [4.78, 5) is 0. The monoisotopic (exact) mass is 319 g/mol. The largest absolute Gasteiger partial charge is 0.389 e. The van der Waals surface area contributed by atoms with Gasteiger partial charge in [0.25, 0.3) is 0 Å². The summed E-state index contributed by atoms with van der Waals surface area (Å²) >= 11 is 0. The summed E-state index contributed by atoms with van der Waals surface area (Å²) in [5.41, 5.74) is -1.16. The molecule has 5 nitrogen and oxygen atoms in total. The first-order valence-corrected chi connectivity index (χ1v) is 7.96. The Morgan fingerprint density at radius 3 is 2.35 bits per heavy atom. The van der Waals surface area contributed by atoms with Crippen molar-refractivity contribution in [2.75, 3.05) is 32.6 Å². The summed E-state index contributed by atoms with van der Waals surface area (Å²) in [5, 5.41) is 10.2. The standard InChI is InChI=1S/C11H20F3NO4S/c1-15(9-10(16)4-6-19-7-5-10)20(17,18)8-2-3-11(12,13)14/h16H,2-9H2,1H3. The van der Waals surface area contributed by atoms with Crippen LogP contribution in [0.15, 0.2) is 0 Å². The molecule has 120 valence electrons.